The number of benzene rings is 1. The number of piperidine rings is 2. The molecule has 0 aliphatic carbocycles. The number of carbonyl (C=O) groups is 1. The van der Waals surface area contributed by atoms with Crippen molar-refractivity contribution in [1.29, 1.82) is 0 Å². The molecule has 0 aromatic heterocycles. The first-order chi connectivity index (χ1) is 8.72. The molecule has 2 fully saturated rings. The van der Waals surface area contributed by atoms with Crippen molar-refractivity contribution in [2.45, 2.75) is 6.42 Å². The average molecular weight is 246 g/mol. The molecule has 2 bridgehead atoms. The molecule has 4 nitrogen and oxygen atoms in total. The molecule has 1 aromatic rings. The third kappa shape index (κ3) is 2.20. The molecule has 2 heterocycles. The molecule has 1 amide bonds. The van der Waals surface area contributed by atoms with Crippen LogP contribution >= 0.6 is 0 Å². The lowest BCUT2D eigenvalue weighted by atomic mass is 9.85. The molecule has 2 aliphatic heterocycles. The van der Waals surface area contributed by atoms with E-state index in [9.17, 15) is 9.90 Å². The number of amides is 1. The van der Waals surface area contributed by atoms with Gasteiger partial charge in [0, 0.05) is 18.7 Å². The van der Waals surface area contributed by atoms with E-state index in [-0.39, 0.29) is 11.7 Å². The number of phenolic OH excluding ortho intramolecular Hbond substituents is 1. The molecule has 2 atom stereocenters. The van der Waals surface area contributed by atoms with Gasteiger partial charge in [-0.25, -0.2) is 0 Å². The molecule has 2 saturated heterocycles. The predicted octanol–water partition coefficient (Wildman–Crippen LogP) is 1.07. The van der Waals surface area contributed by atoms with Gasteiger partial charge in [-0.3, -0.25) is 4.79 Å². The van der Waals surface area contributed by atoms with Crippen molar-refractivity contribution in [3.63, 3.8) is 0 Å². The van der Waals surface area contributed by atoms with Gasteiger partial charge in [0.05, 0.1) is 0 Å². The molecule has 96 valence electrons. The number of aromatic hydroxyl groups is 1. The Balaban J connectivity index is 1.74. The van der Waals surface area contributed by atoms with Crippen molar-refractivity contribution < 1.29 is 9.90 Å². The molecule has 0 unspecified atom stereocenters. The van der Waals surface area contributed by atoms with Crippen LogP contribution in [0.25, 0.3) is 0 Å². The van der Waals surface area contributed by atoms with Crippen molar-refractivity contribution in [2.24, 2.45) is 11.8 Å². The zero-order valence-electron chi connectivity index (χ0n) is 10.3. The molecule has 0 spiro atoms. The van der Waals surface area contributed by atoms with Gasteiger partial charge in [-0.05, 0) is 55.6 Å². The Kier molecular flexibility index (Phi) is 2.96. The van der Waals surface area contributed by atoms with Crippen LogP contribution in [0.5, 0.6) is 5.75 Å². The fourth-order valence-electron chi connectivity index (χ4n) is 3.06. The number of rotatable bonds is 1. The average Bonchev–Trinajstić information content (AvgIpc) is 2.38. The standard InChI is InChI=1S/C14H18N2O2/c17-13-3-1-12(2-4-13)14(18)16-8-10-5-11(9-16)7-15-6-10/h1-4,10-11,15,17H,5-9H2/t10-,11+. The van der Waals surface area contributed by atoms with E-state index in [1.807, 2.05) is 4.90 Å². The largest absolute Gasteiger partial charge is 0.508 e. The van der Waals surface area contributed by atoms with E-state index in [4.69, 9.17) is 0 Å². The Morgan fingerprint density at radius 2 is 1.78 bits per heavy atom. The lowest BCUT2D eigenvalue weighted by Gasteiger charge is -2.41. The number of fused-ring (bicyclic) bond motifs is 2. The topological polar surface area (TPSA) is 52.6 Å². The maximum atomic E-state index is 12.4. The first-order valence-electron chi connectivity index (χ1n) is 6.51. The molecule has 2 N–H and O–H groups in total. The first kappa shape index (κ1) is 11.5. The second kappa shape index (κ2) is 4.61. The normalized spacial score (nSPS) is 27.0. The van der Waals surface area contributed by atoms with E-state index in [1.165, 1.54) is 6.42 Å². The van der Waals surface area contributed by atoms with Crippen LogP contribution in [0.1, 0.15) is 16.8 Å². The van der Waals surface area contributed by atoms with Crippen LogP contribution in [0.4, 0.5) is 0 Å². The van der Waals surface area contributed by atoms with Crippen molar-refractivity contribution in [3.8, 4) is 5.75 Å². The molecule has 0 saturated carbocycles. The molecule has 18 heavy (non-hydrogen) atoms. The summed E-state index contributed by atoms with van der Waals surface area (Å²) in [6.07, 6.45) is 1.24. The SMILES string of the molecule is O=C(c1ccc(O)cc1)N1C[C@@H]2CNC[C@@H](C2)C1. The van der Waals surface area contributed by atoms with Gasteiger partial charge in [0.25, 0.3) is 5.91 Å². The highest BCUT2D eigenvalue weighted by Crippen LogP contribution is 2.25. The summed E-state index contributed by atoms with van der Waals surface area (Å²) in [7, 11) is 0. The third-order valence-electron chi connectivity index (χ3n) is 3.89. The molecule has 4 heteroatoms. The smallest absolute Gasteiger partial charge is 0.253 e. The van der Waals surface area contributed by atoms with Crippen molar-refractivity contribution in [3.05, 3.63) is 29.8 Å². The lowest BCUT2D eigenvalue weighted by molar-refractivity contribution is 0.0537. The molecule has 3 rings (SSSR count). The summed E-state index contributed by atoms with van der Waals surface area (Å²) >= 11 is 0. The summed E-state index contributed by atoms with van der Waals surface area (Å²) in [5.74, 6) is 1.48. The van der Waals surface area contributed by atoms with Crippen LogP contribution < -0.4 is 5.32 Å². The van der Waals surface area contributed by atoms with E-state index in [0.29, 0.717) is 17.4 Å². The monoisotopic (exact) mass is 246 g/mol. The maximum Gasteiger partial charge on any atom is 0.253 e. The van der Waals surface area contributed by atoms with Crippen LogP contribution in [0.3, 0.4) is 0 Å². The van der Waals surface area contributed by atoms with Gasteiger partial charge in [-0.2, -0.15) is 0 Å². The fraction of sp³-hybridized carbons (Fsp3) is 0.500. The van der Waals surface area contributed by atoms with Crippen LogP contribution in [-0.4, -0.2) is 42.1 Å². The summed E-state index contributed by atoms with van der Waals surface area (Å²) in [5, 5.41) is 12.7. The second-order valence-corrected chi connectivity index (χ2v) is 5.38. The van der Waals surface area contributed by atoms with E-state index in [2.05, 4.69) is 5.32 Å². The van der Waals surface area contributed by atoms with Crippen LogP contribution in [0.2, 0.25) is 0 Å². The molecule has 2 aliphatic rings. The van der Waals surface area contributed by atoms with E-state index in [0.717, 1.165) is 26.2 Å². The van der Waals surface area contributed by atoms with Gasteiger partial charge in [-0.1, -0.05) is 0 Å². The summed E-state index contributed by atoms with van der Waals surface area (Å²) in [5.41, 5.74) is 0.667. The minimum Gasteiger partial charge on any atom is -0.508 e. The van der Waals surface area contributed by atoms with Crippen LogP contribution in [0, 0.1) is 11.8 Å². The second-order valence-electron chi connectivity index (χ2n) is 5.38. The van der Waals surface area contributed by atoms with Crippen LogP contribution in [-0.2, 0) is 0 Å². The number of hydrogen-bond donors (Lipinski definition) is 2. The summed E-state index contributed by atoms with van der Waals surface area (Å²) in [6.45, 7) is 3.75. The van der Waals surface area contributed by atoms with Crippen molar-refractivity contribution in [1.82, 2.24) is 10.2 Å². The predicted molar refractivity (Wildman–Crippen MR) is 68.5 cm³/mol. The van der Waals surface area contributed by atoms with Gasteiger partial charge in [0.1, 0.15) is 5.75 Å². The highest BCUT2D eigenvalue weighted by atomic mass is 16.3. The Morgan fingerprint density at radius 3 is 2.39 bits per heavy atom. The van der Waals surface area contributed by atoms with Gasteiger partial charge in [0.2, 0.25) is 0 Å². The van der Waals surface area contributed by atoms with Gasteiger partial charge < -0.3 is 15.3 Å². The molecular formula is C14H18N2O2. The minimum atomic E-state index is 0.0894. The number of hydrogen-bond acceptors (Lipinski definition) is 3. The highest BCUT2D eigenvalue weighted by Gasteiger charge is 2.32. The Bertz CT molecular complexity index is 432. The summed E-state index contributed by atoms with van der Waals surface area (Å²) < 4.78 is 0. The van der Waals surface area contributed by atoms with E-state index >= 15 is 0 Å². The molecule has 1 aromatic carbocycles. The van der Waals surface area contributed by atoms with Gasteiger partial charge in [0.15, 0.2) is 0 Å². The molecule has 0 radical (unpaired) electrons. The first-order valence-corrected chi connectivity index (χ1v) is 6.51. The number of likely N-dealkylation sites (tertiary alicyclic amines) is 1. The maximum absolute atomic E-state index is 12.4. The van der Waals surface area contributed by atoms with Crippen molar-refractivity contribution in [2.75, 3.05) is 26.2 Å². The van der Waals surface area contributed by atoms with E-state index in [1.54, 1.807) is 24.3 Å². The zero-order valence-corrected chi connectivity index (χ0v) is 10.3. The Hall–Kier alpha value is -1.55. The zero-order chi connectivity index (χ0) is 12.5. The lowest BCUT2D eigenvalue weighted by Crippen LogP contribution is -2.52. The molecular weight excluding hydrogens is 228 g/mol. The van der Waals surface area contributed by atoms with E-state index < -0.39 is 0 Å². The quantitative estimate of drug-likeness (QED) is 0.779. The number of nitrogens with zero attached hydrogens (tertiary/aromatic N) is 1. The van der Waals surface area contributed by atoms with Gasteiger partial charge in [-0.15, -0.1) is 0 Å². The summed E-state index contributed by atoms with van der Waals surface area (Å²) in [4.78, 5) is 14.3. The van der Waals surface area contributed by atoms with Crippen LogP contribution in [0.15, 0.2) is 24.3 Å². The minimum absolute atomic E-state index is 0.0894. The van der Waals surface area contributed by atoms with Gasteiger partial charge >= 0.3 is 0 Å². The third-order valence-corrected chi connectivity index (χ3v) is 3.89. The number of nitrogens with one attached hydrogen (secondary N) is 1. The Morgan fingerprint density at radius 1 is 1.17 bits per heavy atom. The Labute approximate surface area is 107 Å². The summed E-state index contributed by atoms with van der Waals surface area (Å²) in [6, 6.07) is 6.53. The fourth-order valence-corrected chi connectivity index (χ4v) is 3.06. The number of carbonyl (C=O) groups excluding carboxylic acids is 1. The number of phenols is 1. The highest BCUT2D eigenvalue weighted by molar-refractivity contribution is 5.94. The van der Waals surface area contributed by atoms with Crippen molar-refractivity contribution >= 4 is 5.91 Å².